The normalized spacial score (nSPS) is 20.3. The number of aryl methyl sites for hydroxylation is 1. The molecule has 0 bridgehead atoms. The van der Waals surface area contributed by atoms with Crippen LogP contribution < -0.4 is 5.32 Å². The maximum Gasteiger partial charge on any atom is 0.342 e. The smallest absolute Gasteiger partial charge is 0.342 e. The summed E-state index contributed by atoms with van der Waals surface area (Å²) in [6, 6.07) is 0. The number of rotatable bonds is 2. The Morgan fingerprint density at radius 3 is 2.84 bits per heavy atom. The van der Waals surface area contributed by atoms with E-state index in [1.165, 1.54) is 0 Å². The van der Waals surface area contributed by atoms with Crippen LogP contribution in [0.15, 0.2) is 6.20 Å². The van der Waals surface area contributed by atoms with E-state index in [1.54, 1.807) is 10.9 Å². The molecule has 1 fully saturated rings. The second kappa shape index (κ2) is 5.33. The summed E-state index contributed by atoms with van der Waals surface area (Å²) in [7, 11) is 1.84. The van der Waals surface area contributed by atoms with Crippen molar-refractivity contribution in [2.75, 3.05) is 13.1 Å². The van der Waals surface area contributed by atoms with Gasteiger partial charge in [0.05, 0.1) is 5.69 Å². The molecule has 1 N–H and O–H groups in total. The molecule has 19 heavy (non-hydrogen) atoms. The Balaban J connectivity index is 2.22. The Kier molecular flexibility index (Phi) is 3.94. The van der Waals surface area contributed by atoms with Crippen molar-refractivity contribution in [3.63, 3.8) is 0 Å². The summed E-state index contributed by atoms with van der Waals surface area (Å²) < 4.78 is 7.15. The van der Waals surface area contributed by atoms with Gasteiger partial charge in [0.1, 0.15) is 11.2 Å². The van der Waals surface area contributed by atoms with Crippen molar-refractivity contribution in [3.05, 3.63) is 17.5 Å². The van der Waals surface area contributed by atoms with E-state index >= 15 is 0 Å². The molecule has 2 heterocycles. The highest BCUT2D eigenvalue weighted by atomic mass is 16.6. The summed E-state index contributed by atoms with van der Waals surface area (Å²) in [6.45, 7) is 7.56. The van der Waals surface area contributed by atoms with Gasteiger partial charge in [-0.25, -0.2) is 4.79 Å². The van der Waals surface area contributed by atoms with Crippen LogP contribution in [0.5, 0.6) is 0 Å². The Morgan fingerprint density at radius 2 is 2.26 bits per heavy atom. The molecule has 1 saturated heterocycles. The summed E-state index contributed by atoms with van der Waals surface area (Å²) >= 11 is 0. The van der Waals surface area contributed by atoms with Crippen molar-refractivity contribution in [1.29, 1.82) is 0 Å². The molecule has 1 unspecified atom stereocenters. The van der Waals surface area contributed by atoms with Crippen LogP contribution in [0.2, 0.25) is 0 Å². The van der Waals surface area contributed by atoms with Gasteiger partial charge in [-0.1, -0.05) is 0 Å². The minimum absolute atomic E-state index is 0.277. The number of hydrogen-bond donors (Lipinski definition) is 1. The second-order valence-electron chi connectivity index (χ2n) is 6.15. The van der Waals surface area contributed by atoms with Gasteiger partial charge in [-0.05, 0) is 40.2 Å². The summed E-state index contributed by atoms with van der Waals surface area (Å²) in [4.78, 5) is 12.2. The van der Waals surface area contributed by atoms with Gasteiger partial charge >= 0.3 is 5.97 Å². The van der Waals surface area contributed by atoms with E-state index in [-0.39, 0.29) is 5.97 Å². The molecule has 0 saturated carbocycles. The number of esters is 1. The van der Waals surface area contributed by atoms with Gasteiger partial charge in [0.15, 0.2) is 0 Å². The first kappa shape index (κ1) is 14.1. The zero-order valence-electron chi connectivity index (χ0n) is 12.2. The van der Waals surface area contributed by atoms with Gasteiger partial charge in [-0.15, -0.1) is 0 Å². The lowest BCUT2D eigenvalue weighted by molar-refractivity contribution is 0.00676. The maximum absolute atomic E-state index is 12.2. The predicted octanol–water partition coefficient (Wildman–Crippen LogP) is 1.84. The standard InChI is InChI=1S/C14H23N3O2/c1-14(2,3)19-13(18)11-9-17(4)16-12(11)10-6-5-7-15-8-10/h9-10,15H,5-8H2,1-4H3. The number of nitrogens with one attached hydrogen (secondary N) is 1. The van der Waals surface area contributed by atoms with Crippen molar-refractivity contribution in [3.8, 4) is 0 Å². The van der Waals surface area contributed by atoms with Gasteiger partial charge in [0, 0.05) is 25.7 Å². The van der Waals surface area contributed by atoms with Crippen LogP contribution in [-0.4, -0.2) is 34.4 Å². The molecule has 1 aromatic heterocycles. The number of carbonyl (C=O) groups excluding carboxylic acids is 1. The highest BCUT2D eigenvalue weighted by molar-refractivity contribution is 5.90. The Morgan fingerprint density at radius 1 is 1.53 bits per heavy atom. The second-order valence-corrected chi connectivity index (χ2v) is 6.15. The fourth-order valence-corrected chi connectivity index (χ4v) is 2.38. The predicted molar refractivity (Wildman–Crippen MR) is 73.2 cm³/mol. The van der Waals surface area contributed by atoms with E-state index in [0.717, 1.165) is 31.6 Å². The number of hydrogen-bond acceptors (Lipinski definition) is 4. The highest BCUT2D eigenvalue weighted by Gasteiger charge is 2.27. The van der Waals surface area contributed by atoms with Crippen LogP contribution in [0.4, 0.5) is 0 Å². The molecule has 0 aliphatic carbocycles. The van der Waals surface area contributed by atoms with Crippen molar-refractivity contribution in [1.82, 2.24) is 15.1 Å². The zero-order chi connectivity index (χ0) is 14.0. The first-order valence-electron chi connectivity index (χ1n) is 6.84. The van der Waals surface area contributed by atoms with E-state index in [0.29, 0.717) is 11.5 Å². The van der Waals surface area contributed by atoms with Crippen molar-refractivity contribution in [2.45, 2.75) is 45.1 Å². The Labute approximate surface area is 114 Å². The zero-order valence-corrected chi connectivity index (χ0v) is 12.2. The third kappa shape index (κ3) is 3.56. The number of ether oxygens (including phenoxy) is 1. The first-order chi connectivity index (χ1) is 8.87. The molecule has 1 aromatic rings. The summed E-state index contributed by atoms with van der Waals surface area (Å²) in [5, 5.41) is 7.82. The monoisotopic (exact) mass is 265 g/mol. The molecular formula is C14H23N3O2. The maximum atomic E-state index is 12.2. The topological polar surface area (TPSA) is 56.1 Å². The summed E-state index contributed by atoms with van der Waals surface area (Å²) in [5.74, 6) is 0.0265. The van der Waals surface area contributed by atoms with Crippen molar-refractivity contribution in [2.24, 2.45) is 7.05 Å². The van der Waals surface area contributed by atoms with Crippen LogP contribution in [0, 0.1) is 0 Å². The number of nitrogens with zero attached hydrogens (tertiary/aromatic N) is 2. The molecule has 5 heteroatoms. The third-order valence-corrected chi connectivity index (χ3v) is 3.16. The fourth-order valence-electron chi connectivity index (χ4n) is 2.38. The number of piperidine rings is 1. The molecule has 106 valence electrons. The van der Waals surface area contributed by atoms with Crippen LogP contribution in [-0.2, 0) is 11.8 Å². The molecular weight excluding hydrogens is 242 g/mol. The van der Waals surface area contributed by atoms with E-state index in [1.807, 2.05) is 27.8 Å². The minimum Gasteiger partial charge on any atom is -0.456 e. The van der Waals surface area contributed by atoms with E-state index in [4.69, 9.17) is 4.74 Å². The fraction of sp³-hybridized carbons (Fsp3) is 0.714. The lowest BCUT2D eigenvalue weighted by Gasteiger charge is -2.23. The lowest BCUT2D eigenvalue weighted by atomic mass is 9.94. The van der Waals surface area contributed by atoms with Gasteiger partial charge in [0.2, 0.25) is 0 Å². The van der Waals surface area contributed by atoms with Crippen LogP contribution >= 0.6 is 0 Å². The SMILES string of the molecule is Cn1cc(C(=O)OC(C)(C)C)c(C2CCCNC2)n1. The largest absolute Gasteiger partial charge is 0.456 e. The average Bonchev–Trinajstić information content (AvgIpc) is 2.70. The van der Waals surface area contributed by atoms with Gasteiger partial charge in [0.25, 0.3) is 0 Å². The number of carbonyl (C=O) groups is 1. The van der Waals surface area contributed by atoms with Crippen LogP contribution in [0.1, 0.15) is 55.6 Å². The van der Waals surface area contributed by atoms with E-state index in [2.05, 4.69) is 10.4 Å². The highest BCUT2D eigenvalue weighted by Crippen LogP contribution is 2.26. The Hall–Kier alpha value is -1.36. The van der Waals surface area contributed by atoms with Crippen LogP contribution in [0.3, 0.4) is 0 Å². The molecule has 1 aliphatic rings. The van der Waals surface area contributed by atoms with Gasteiger partial charge in [-0.2, -0.15) is 5.10 Å². The molecule has 0 amide bonds. The lowest BCUT2D eigenvalue weighted by Crippen LogP contribution is -2.30. The minimum atomic E-state index is -0.477. The summed E-state index contributed by atoms with van der Waals surface area (Å²) in [5.41, 5.74) is 0.990. The van der Waals surface area contributed by atoms with Gasteiger partial charge < -0.3 is 10.1 Å². The molecule has 0 aromatic carbocycles. The van der Waals surface area contributed by atoms with E-state index < -0.39 is 5.60 Å². The Bertz CT molecular complexity index is 454. The molecule has 5 nitrogen and oxygen atoms in total. The molecule has 1 atom stereocenters. The summed E-state index contributed by atoms with van der Waals surface area (Å²) in [6.07, 6.45) is 3.95. The quantitative estimate of drug-likeness (QED) is 0.829. The first-order valence-corrected chi connectivity index (χ1v) is 6.84. The molecule has 0 radical (unpaired) electrons. The van der Waals surface area contributed by atoms with Gasteiger partial charge in [-0.3, -0.25) is 4.68 Å². The molecule has 0 spiro atoms. The van der Waals surface area contributed by atoms with Crippen LogP contribution in [0.25, 0.3) is 0 Å². The number of aromatic nitrogens is 2. The van der Waals surface area contributed by atoms with Crippen molar-refractivity contribution < 1.29 is 9.53 Å². The van der Waals surface area contributed by atoms with E-state index in [9.17, 15) is 4.79 Å². The average molecular weight is 265 g/mol. The molecule has 1 aliphatic heterocycles. The third-order valence-electron chi connectivity index (χ3n) is 3.16. The van der Waals surface area contributed by atoms with Crippen molar-refractivity contribution >= 4 is 5.97 Å². The molecule has 2 rings (SSSR count).